The molecule has 0 fully saturated rings. The van der Waals surface area contributed by atoms with E-state index in [1.165, 1.54) is 0 Å². The van der Waals surface area contributed by atoms with Crippen LogP contribution >= 0.6 is 0 Å². The molecule has 0 heterocycles. The molecule has 0 radical (unpaired) electrons. The average molecular weight is 137 g/mol. The number of rotatable bonds is 3. The maximum absolute atomic E-state index is 10.2. The van der Waals surface area contributed by atoms with Crippen LogP contribution in [0, 0.1) is 0 Å². The van der Waals surface area contributed by atoms with Gasteiger partial charge in [0.15, 0.2) is 0 Å². The average Bonchev–Trinajstić information content (AvgIpc) is 1.67. The van der Waals surface area contributed by atoms with Gasteiger partial charge >= 0.3 is 29.6 Å². The molecule has 0 aliphatic heterocycles. The van der Waals surface area contributed by atoms with Gasteiger partial charge < -0.3 is 7.16 Å². The monoisotopic (exact) mass is 137 g/mol. The van der Waals surface area contributed by atoms with E-state index in [1.807, 2.05) is 6.92 Å². The number of hydrogen-bond donors (Lipinski definition) is 1. The van der Waals surface area contributed by atoms with E-state index in [2.05, 4.69) is 6.58 Å². The van der Waals surface area contributed by atoms with Crippen LogP contribution in [0.15, 0.2) is 12.2 Å². The Morgan fingerprint density at radius 3 is 2.33 bits per heavy atom. The van der Waals surface area contributed by atoms with Gasteiger partial charge in [-0.3, -0.25) is 4.79 Å². The molecule has 0 aromatic heterocycles. The van der Waals surface area contributed by atoms with E-state index < -0.39 is 0 Å². The minimum atomic E-state index is -0.383. The van der Waals surface area contributed by atoms with Crippen molar-refractivity contribution in [1.82, 2.24) is 0 Å². The Balaban J connectivity index is -0.000000245. The van der Waals surface area contributed by atoms with E-state index in [-0.39, 0.29) is 36.9 Å². The zero-order chi connectivity index (χ0) is 6.57. The fraction of sp³-hybridized carbons (Fsp3) is 0.500. The first kappa shape index (κ1) is 11.9. The summed E-state index contributed by atoms with van der Waals surface area (Å²) in [5, 5.41) is 0. The zero-order valence-electron chi connectivity index (χ0n) is 7.11. The normalized spacial score (nSPS) is 7.67. The van der Waals surface area contributed by atoms with Gasteiger partial charge in [0.25, 0.3) is 0 Å². The van der Waals surface area contributed by atoms with E-state index in [4.69, 9.17) is 5.73 Å². The second kappa shape index (κ2) is 6.33. The minimum absolute atomic E-state index is 0. The molecule has 0 saturated heterocycles. The number of amides is 1. The Morgan fingerprint density at radius 2 is 2.22 bits per heavy atom. The van der Waals surface area contributed by atoms with Crippen LogP contribution in [0.1, 0.15) is 21.2 Å². The van der Waals surface area contributed by atoms with Gasteiger partial charge in [-0.25, -0.2) is 0 Å². The minimum Gasteiger partial charge on any atom is -1.00 e. The molecule has 0 saturated carbocycles. The van der Waals surface area contributed by atoms with E-state index in [1.54, 1.807) is 0 Å². The molecule has 9 heavy (non-hydrogen) atoms. The molecule has 2 N–H and O–H groups in total. The van der Waals surface area contributed by atoms with Crippen LogP contribution in [-0.4, -0.2) is 5.91 Å². The van der Waals surface area contributed by atoms with Crippen LogP contribution in [0.4, 0.5) is 0 Å². The number of nitrogens with two attached hydrogens (primary N) is 1. The summed E-state index contributed by atoms with van der Waals surface area (Å²) in [5.74, 6) is -0.383. The standard InChI is InChI=1S/C6H11NO.Na.H/c1-3-4-5(2)6(7)8;;/h2-4H2,1H3,(H2,7,8);;/q;+1;-1. The van der Waals surface area contributed by atoms with Crippen LogP contribution in [0.5, 0.6) is 0 Å². The summed E-state index contributed by atoms with van der Waals surface area (Å²) in [4.78, 5) is 10.2. The zero-order valence-corrected chi connectivity index (χ0v) is 8.11. The van der Waals surface area contributed by atoms with Gasteiger partial charge in [-0.05, 0) is 6.42 Å². The molecule has 3 heteroatoms. The van der Waals surface area contributed by atoms with Crippen LogP contribution in [0.3, 0.4) is 0 Å². The Morgan fingerprint density at radius 1 is 1.78 bits per heavy atom. The largest absolute Gasteiger partial charge is 1.00 e. The van der Waals surface area contributed by atoms with E-state index in [0.29, 0.717) is 5.57 Å². The molecular formula is C6H12NNaO. The van der Waals surface area contributed by atoms with E-state index in [9.17, 15) is 4.79 Å². The predicted molar refractivity (Wildman–Crippen MR) is 34.4 cm³/mol. The van der Waals surface area contributed by atoms with E-state index in [0.717, 1.165) is 12.8 Å². The summed E-state index contributed by atoms with van der Waals surface area (Å²) >= 11 is 0. The molecule has 0 atom stereocenters. The van der Waals surface area contributed by atoms with Gasteiger partial charge in [-0.2, -0.15) is 0 Å². The maximum Gasteiger partial charge on any atom is 1.00 e. The maximum atomic E-state index is 10.2. The van der Waals surface area contributed by atoms with Gasteiger partial charge in [-0.1, -0.05) is 19.9 Å². The van der Waals surface area contributed by atoms with Gasteiger partial charge in [-0.15, -0.1) is 0 Å². The first-order valence-corrected chi connectivity index (χ1v) is 2.66. The Bertz CT molecular complexity index is 116. The molecule has 0 aromatic rings. The molecular weight excluding hydrogens is 125 g/mol. The molecule has 0 spiro atoms. The predicted octanol–water partition coefficient (Wildman–Crippen LogP) is -2.06. The van der Waals surface area contributed by atoms with E-state index >= 15 is 0 Å². The van der Waals surface area contributed by atoms with Gasteiger partial charge in [0, 0.05) is 5.57 Å². The summed E-state index contributed by atoms with van der Waals surface area (Å²) in [6.45, 7) is 5.45. The summed E-state index contributed by atoms with van der Waals surface area (Å²) < 4.78 is 0. The molecule has 0 rings (SSSR count). The van der Waals surface area contributed by atoms with Crippen molar-refractivity contribution < 1.29 is 35.8 Å². The SMILES string of the molecule is C=C(CCC)C(N)=O.[H-].[Na+]. The third-order valence-electron chi connectivity index (χ3n) is 0.900. The van der Waals surface area contributed by atoms with Crippen molar-refractivity contribution in [1.29, 1.82) is 0 Å². The van der Waals surface area contributed by atoms with Gasteiger partial charge in [0.1, 0.15) is 0 Å². The smallest absolute Gasteiger partial charge is 1.00 e. The van der Waals surface area contributed by atoms with Crippen LogP contribution in [0.2, 0.25) is 0 Å². The van der Waals surface area contributed by atoms with Crippen LogP contribution in [0.25, 0.3) is 0 Å². The quantitative estimate of drug-likeness (QED) is 0.353. The molecule has 2 nitrogen and oxygen atoms in total. The first-order chi connectivity index (χ1) is 3.68. The molecule has 1 amide bonds. The second-order valence-electron chi connectivity index (χ2n) is 1.72. The first-order valence-electron chi connectivity index (χ1n) is 2.66. The Hall–Kier alpha value is 0.210. The molecule has 0 unspecified atom stereocenters. The van der Waals surface area contributed by atoms with Crippen molar-refractivity contribution in [3.05, 3.63) is 12.2 Å². The summed E-state index contributed by atoms with van der Waals surface area (Å²) in [6, 6.07) is 0. The van der Waals surface area contributed by atoms with Crippen molar-refractivity contribution >= 4 is 5.91 Å². The summed E-state index contributed by atoms with van der Waals surface area (Å²) in [7, 11) is 0. The second-order valence-corrected chi connectivity index (χ2v) is 1.72. The topological polar surface area (TPSA) is 43.1 Å². The fourth-order valence-electron chi connectivity index (χ4n) is 0.425. The van der Waals surface area contributed by atoms with Crippen molar-refractivity contribution in [2.45, 2.75) is 19.8 Å². The van der Waals surface area contributed by atoms with Crippen molar-refractivity contribution in [3.63, 3.8) is 0 Å². The van der Waals surface area contributed by atoms with Crippen LogP contribution in [-0.2, 0) is 4.79 Å². The Kier molecular flexibility index (Phi) is 8.40. The number of hydrogen-bond acceptors (Lipinski definition) is 1. The fourth-order valence-corrected chi connectivity index (χ4v) is 0.425. The number of carbonyl (C=O) groups excluding carboxylic acids is 1. The molecule has 0 aliphatic rings. The van der Waals surface area contributed by atoms with Crippen LogP contribution < -0.4 is 35.3 Å². The van der Waals surface area contributed by atoms with Gasteiger partial charge in [0.05, 0.1) is 0 Å². The van der Waals surface area contributed by atoms with Gasteiger partial charge in [0.2, 0.25) is 5.91 Å². The molecule has 48 valence electrons. The molecule has 0 aliphatic carbocycles. The van der Waals surface area contributed by atoms with Crippen molar-refractivity contribution in [3.8, 4) is 0 Å². The molecule has 0 bridgehead atoms. The summed E-state index contributed by atoms with van der Waals surface area (Å²) in [6.07, 6.45) is 1.65. The number of primary amides is 1. The van der Waals surface area contributed by atoms with Crippen molar-refractivity contribution in [2.24, 2.45) is 5.73 Å². The van der Waals surface area contributed by atoms with Crippen molar-refractivity contribution in [2.75, 3.05) is 0 Å². The number of carbonyl (C=O) groups is 1. The Labute approximate surface area is 79.3 Å². The third-order valence-corrected chi connectivity index (χ3v) is 0.900. The molecule has 0 aromatic carbocycles. The third kappa shape index (κ3) is 6.09. The summed E-state index contributed by atoms with van der Waals surface area (Å²) in [5.41, 5.74) is 5.40.